The molecule has 1 fully saturated rings. The summed E-state index contributed by atoms with van der Waals surface area (Å²) in [5.41, 5.74) is 3.12. The maximum Gasteiger partial charge on any atom is 0.308 e. The highest BCUT2D eigenvalue weighted by atomic mass is 32.1. The summed E-state index contributed by atoms with van der Waals surface area (Å²) < 4.78 is 0. The lowest BCUT2D eigenvalue weighted by atomic mass is 9.90. The number of piperidine rings is 1. The van der Waals surface area contributed by atoms with Gasteiger partial charge in [-0.1, -0.05) is 36.8 Å². The highest BCUT2D eigenvalue weighted by Gasteiger charge is 2.33. The van der Waals surface area contributed by atoms with Crippen LogP contribution >= 0.6 is 11.3 Å². The van der Waals surface area contributed by atoms with Crippen LogP contribution in [0.5, 0.6) is 0 Å². The van der Waals surface area contributed by atoms with Gasteiger partial charge in [0.25, 0.3) is 5.91 Å². The van der Waals surface area contributed by atoms with Crippen LogP contribution in [-0.2, 0) is 4.79 Å². The number of benzene rings is 1. The van der Waals surface area contributed by atoms with E-state index in [1.807, 2.05) is 49.6 Å². The van der Waals surface area contributed by atoms with Crippen molar-refractivity contribution < 1.29 is 14.7 Å². The van der Waals surface area contributed by atoms with Gasteiger partial charge in [0.05, 0.1) is 10.8 Å². The molecule has 5 heteroatoms. The van der Waals surface area contributed by atoms with E-state index in [4.69, 9.17) is 0 Å². The molecule has 4 nitrogen and oxygen atoms in total. The number of carbonyl (C=O) groups is 2. The van der Waals surface area contributed by atoms with Crippen molar-refractivity contribution >= 4 is 23.2 Å². The maximum absolute atomic E-state index is 13.0. The predicted octanol–water partition coefficient (Wildman–Crippen LogP) is 3.91. The normalized spacial score (nSPS) is 20.8. The van der Waals surface area contributed by atoms with Crippen LogP contribution in [0.3, 0.4) is 0 Å². The Bertz CT molecular complexity index is 750. The van der Waals surface area contributed by atoms with Crippen LogP contribution in [0, 0.1) is 18.8 Å². The molecule has 1 amide bonds. The van der Waals surface area contributed by atoms with Crippen molar-refractivity contribution in [3.8, 4) is 11.1 Å². The number of rotatable bonds is 3. The molecule has 0 bridgehead atoms. The Labute approximate surface area is 145 Å². The van der Waals surface area contributed by atoms with Crippen molar-refractivity contribution in [2.75, 3.05) is 13.1 Å². The summed E-state index contributed by atoms with van der Waals surface area (Å²) in [5.74, 6) is -1.14. The van der Waals surface area contributed by atoms with Gasteiger partial charge in [-0.15, -0.1) is 11.3 Å². The number of nitrogens with zero attached hydrogens (tertiary/aromatic N) is 1. The molecule has 24 heavy (non-hydrogen) atoms. The lowest BCUT2D eigenvalue weighted by Crippen LogP contribution is -2.45. The van der Waals surface area contributed by atoms with Gasteiger partial charge in [0.1, 0.15) is 0 Å². The summed E-state index contributed by atoms with van der Waals surface area (Å²) in [7, 11) is 0. The molecule has 3 rings (SSSR count). The summed E-state index contributed by atoms with van der Waals surface area (Å²) in [6.07, 6.45) is 0.633. The molecule has 2 atom stereocenters. The molecule has 1 aromatic heterocycles. The van der Waals surface area contributed by atoms with E-state index in [9.17, 15) is 14.7 Å². The fourth-order valence-electron chi connectivity index (χ4n) is 3.28. The van der Waals surface area contributed by atoms with Gasteiger partial charge in [0.2, 0.25) is 0 Å². The summed E-state index contributed by atoms with van der Waals surface area (Å²) in [5, 5.41) is 11.2. The van der Waals surface area contributed by atoms with Gasteiger partial charge >= 0.3 is 5.97 Å². The van der Waals surface area contributed by atoms with E-state index in [0.717, 1.165) is 11.1 Å². The third-order valence-corrected chi connectivity index (χ3v) is 5.42. The van der Waals surface area contributed by atoms with E-state index < -0.39 is 11.9 Å². The number of likely N-dealkylation sites (tertiary alicyclic amines) is 1. The van der Waals surface area contributed by atoms with Gasteiger partial charge in [-0.25, -0.2) is 0 Å². The molecule has 0 saturated carbocycles. The van der Waals surface area contributed by atoms with Crippen LogP contribution in [0.2, 0.25) is 0 Å². The third kappa shape index (κ3) is 3.36. The minimum Gasteiger partial charge on any atom is -0.481 e. The van der Waals surface area contributed by atoms with E-state index in [2.05, 4.69) is 0 Å². The molecule has 1 aliphatic heterocycles. The third-order valence-electron chi connectivity index (χ3n) is 4.52. The summed E-state index contributed by atoms with van der Waals surface area (Å²) in [6.45, 7) is 4.95. The summed E-state index contributed by atoms with van der Waals surface area (Å²) in [4.78, 5) is 26.7. The first-order chi connectivity index (χ1) is 11.5. The number of aryl methyl sites for hydroxylation is 1. The number of hydrogen-bond donors (Lipinski definition) is 1. The molecule has 2 aromatic rings. The zero-order valence-electron chi connectivity index (χ0n) is 13.9. The number of hydrogen-bond acceptors (Lipinski definition) is 3. The van der Waals surface area contributed by atoms with Crippen molar-refractivity contribution in [2.45, 2.75) is 20.3 Å². The first kappa shape index (κ1) is 16.7. The molecule has 0 radical (unpaired) electrons. The molecule has 1 aromatic carbocycles. The Balaban J connectivity index is 1.87. The Morgan fingerprint density at radius 2 is 1.88 bits per heavy atom. The Hall–Kier alpha value is -2.14. The molecule has 126 valence electrons. The lowest BCUT2D eigenvalue weighted by Gasteiger charge is -2.34. The average molecular weight is 343 g/mol. The number of carboxylic acid groups (broad SMARTS) is 1. The second-order valence-electron chi connectivity index (χ2n) is 6.62. The van der Waals surface area contributed by atoms with Gasteiger partial charge in [-0.05, 0) is 36.3 Å². The minimum atomic E-state index is -0.815. The van der Waals surface area contributed by atoms with Gasteiger partial charge in [0, 0.05) is 18.7 Å². The molecule has 0 spiro atoms. The zero-order valence-corrected chi connectivity index (χ0v) is 14.7. The smallest absolute Gasteiger partial charge is 0.308 e. The van der Waals surface area contributed by atoms with E-state index >= 15 is 0 Å². The molecule has 0 aliphatic carbocycles. The van der Waals surface area contributed by atoms with Crippen LogP contribution in [0.1, 0.15) is 28.6 Å². The van der Waals surface area contributed by atoms with Gasteiger partial charge in [0.15, 0.2) is 0 Å². The molecular formula is C19H21NO3S. The van der Waals surface area contributed by atoms with E-state index in [1.165, 1.54) is 16.9 Å². The number of thiophene rings is 1. The first-order valence-electron chi connectivity index (χ1n) is 8.12. The maximum atomic E-state index is 13.0. The van der Waals surface area contributed by atoms with Crippen LogP contribution in [0.4, 0.5) is 0 Å². The molecule has 1 saturated heterocycles. The van der Waals surface area contributed by atoms with Crippen LogP contribution in [-0.4, -0.2) is 35.0 Å². The van der Waals surface area contributed by atoms with Crippen molar-refractivity contribution in [3.63, 3.8) is 0 Å². The first-order valence-corrected chi connectivity index (χ1v) is 9.00. The number of amides is 1. The zero-order chi connectivity index (χ0) is 17.3. The number of aliphatic carboxylic acids is 1. The Morgan fingerprint density at radius 3 is 2.54 bits per heavy atom. The SMILES string of the molecule is Cc1ccc(-c2ccsc2C(=O)N2CC(C)CC(C(=O)O)C2)cc1. The van der Waals surface area contributed by atoms with Crippen LogP contribution in [0.15, 0.2) is 35.7 Å². The molecule has 2 heterocycles. The van der Waals surface area contributed by atoms with Crippen molar-refractivity contribution in [2.24, 2.45) is 11.8 Å². The van der Waals surface area contributed by atoms with Gasteiger partial charge < -0.3 is 10.0 Å². The second-order valence-corrected chi connectivity index (χ2v) is 7.53. The highest BCUT2D eigenvalue weighted by Crippen LogP contribution is 2.31. The summed E-state index contributed by atoms with van der Waals surface area (Å²) >= 11 is 1.42. The Kier molecular flexibility index (Phi) is 4.71. The predicted molar refractivity (Wildman–Crippen MR) is 95.3 cm³/mol. The van der Waals surface area contributed by atoms with E-state index in [1.54, 1.807) is 4.90 Å². The Morgan fingerprint density at radius 1 is 1.17 bits per heavy atom. The van der Waals surface area contributed by atoms with Crippen molar-refractivity contribution in [3.05, 3.63) is 46.2 Å². The number of carbonyl (C=O) groups excluding carboxylic acids is 1. The van der Waals surface area contributed by atoms with Crippen LogP contribution < -0.4 is 0 Å². The lowest BCUT2D eigenvalue weighted by molar-refractivity contribution is -0.143. The topological polar surface area (TPSA) is 57.6 Å². The van der Waals surface area contributed by atoms with Gasteiger partial charge in [-0.2, -0.15) is 0 Å². The molecule has 2 unspecified atom stereocenters. The van der Waals surface area contributed by atoms with E-state index in [-0.39, 0.29) is 11.8 Å². The van der Waals surface area contributed by atoms with Gasteiger partial charge in [-0.3, -0.25) is 9.59 Å². The second kappa shape index (κ2) is 6.77. The standard InChI is InChI=1S/C19H21NO3S/c1-12-3-5-14(6-4-12)16-7-8-24-17(16)18(21)20-10-13(2)9-15(11-20)19(22)23/h3-8,13,15H,9-11H2,1-2H3,(H,22,23). The molecule has 1 aliphatic rings. The minimum absolute atomic E-state index is 0.0571. The highest BCUT2D eigenvalue weighted by molar-refractivity contribution is 7.12. The molecular weight excluding hydrogens is 322 g/mol. The van der Waals surface area contributed by atoms with Crippen molar-refractivity contribution in [1.82, 2.24) is 4.90 Å². The fourth-order valence-corrected chi connectivity index (χ4v) is 4.16. The molecule has 1 N–H and O–H groups in total. The monoisotopic (exact) mass is 343 g/mol. The van der Waals surface area contributed by atoms with Crippen molar-refractivity contribution in [1.29, 1.82) is 0 Å². The summed E-state index contributed by atoms with van der Waals surface area (Å²) in [6, 6.07) is 10.1. The number of carboxylic acids is 1. The average Bonchev–Trinajstić information content (AvgIpc) is 3.03. The quantitative estimate of drug-likeness (QED) is 0.919. The van der Waals surface area contributed by atoms with Crippen LogP contribution in [0.25, 0.3) is 11.1 Å². The van der Waals surface area contributed by atoms with E-state index in [0.29, 0.717) is 24.4 Å². The fraction of sp³-hybridized carbons (Fsp3) is 0.368. The largest absolute Gasteiger partial charge is 0.481 e.